The van der Waals surface area contributed by atoms with E-state index in [2.05, 4.69) is 112 Å². The molecule has 0 aromatic rings. The first-order chi connectivity index (χ1) is 58.3. The minimum absolute atomic E-state index is 0. The fourth-order valence-corrected chi connectivity index (χ4v) is 17.0. The topological polar surface area (TPSA) is 19.4 Å². The van der Waals surface area contributed by atoms with E-state index in [0.717, 1.165) is 78.5 Å². The molecule has 0 N–H and O–H groups in total. The Hall–Kier alpha value is 1.35. The van der Waals surface area contributed by atoms with Gasteiger partial charge in [0.05, 0.1) is 0 Å². The van der Waals surface area contributed by atoms with E-state index < -0.39 is 0 Å². The smallest absolute Gasteiger partial charge is 0.411 e. The second-order valence-corrected chi connectivity index (χ2v) is 40.9. The zero-order valence-corrected chi connectivity index (χ0v) is 94.2. The van der Waals surface area contributed by atoms with Crippen LogP contribution in [0.15, 0.2) is 0 Å². The summed E-state index contributed by atoms with van der Waals surface area (Å²) in [5.41, 5.74) is 0. The Morgan fingerprint density at radius 1 is 0.124 bits per heavy atom. The molecule has 0 unspecified atom stereocenters. The molecule has 0 aliphatic heterocycles. The maximum absolute atomic E-state index is 5.20. The van der Waals surface area contributed by atoms with E-state index in [1.54, 1.807) is 0 Å². The Morgan fingerprint density at radius 2 is 0.182 bits per heavy atom. The normalized spacial score (nSPS) is 10.6. The molecule has 0 aromatic carbocycles. The first-order valence-electron chi connectivity index (χ1n) is 52.1. The zero-order valence-electron chi connectivity index (χ0n) is 82.4. The summed E-state index contributed by atoms with van der Waals surface area (Å²) >= 11 is 62.4. The monoisotopic (exact) mass is 2000 g/mol. The quantitative estimate of drug-likeness (QED) is 0.0249. The van der Waals surface area contributed by atoms with Crippen LogP contribution < -0.4 is 0 Å². The minimum atomic E-state index is 0. The van der Waals surface area contributed by atoms with Crippen LogP contribution in [0, 0.1) is 0 Å². The molecular weight excluding hydrogens is 1790 g/mol. The van der Waals surface area contributed by atoms with Gasteiger partial charge in [0.25, 0.3) is 0 Å². The van der Waals surface area contributed by atoms with Crippen LogP contribution in [0.5, 0.6) is 0 Å². The SMILES string of the molecule is CCCCCCCCN(CCCCCCCC)C(=S)[S-].CCCCCCCCN(CCCCCCCC)C(=S)[S-].CCCCCCCCN(CCCCCCCC)C(=S)[S-].CCCCCCCCN(CCCCCCCC)C(=S)[S-].CCCCCCCCN(CCCCCCCC)C(=S)[S-].CCCCCCCCN(CCCCCCCC)C(=S)[S-].[Mo+6]. The number of hydrogen-bond donors (Lipinski definition) is 0. The van der Waals surface area contributed by atoms with E-state index in [4.69, 9.17) is 149 Å². The van der Waals surface area contributed by atoms with Crippen molar-refractivity contribution in [1.29, 1.82) is 0 Å². The van der Waals surface area contributed by atoms with Crippen LogP contribution in [0.1, 0.15) is 545 Å². The number of nitrogens with zero attached hydrogens (tertiary/aromatic N) is 6. The molecule has 0 heterocycles. The van der Waals surface area contributed by atoms with Gasteiger partial charge in [-0.3, -0.25) is 0 Å². The second kappa shape index (κ2) is 119. The van der Waals surface area contributed by atoms with Crippen molar-refractivity contribution in [2.45, 2.75) is 545 Å². The largest absolute Gasteiger partial charge is 6.00 e. The van der Waals surface area contributed by atoms with Crippen LogP contribution in [0.4, 0.5) is 0 Å². The number of rotatable bonds is 84. The van der Waals surface area contributed by atoms with Crippen molar-refractivity contribution in [3.8, 4) is 0 Å². The van der Waals surface area contributed by atoms with Crippen molar-refractivity contribution in [3.63, 3.8) is 0 Å². The van der Waals surface area contributed by atoms with Crippen LogP contribution in [-0.2, 0) is 96.8 Å². The van der Waals surface area contributed by atoms with Crippen LogP contribution in [0.25, 0.3) is 0 Å². The standard InChI is InChI=1S/6C17H35NS2.Mo/c6*1-3-5-7-9-11-13-15-18(17(19)20)16-14-12-10-8-6-4-2;/h6*3-16H2,1-2H3,(H,19,20);/q;;;;;;+6/p-6. The molecule has 0 saturated heterocycles. The van der Waals surface area contributed by atoms with Gasteiger partial charge in [-0.05, 0) is 77.0 Å². The molecular formula is C102H204MoN6S12. The molecule has 0 bridgehead atoms. The van der Waals surface area contributed by atoms with E-state index in [0.29, 0.717) is 25.9 Å². The molecule has 0 atom stereocenters. The average molecular weight is 2000 g/mol. The van der Waals surface area contributed by atoms with Gasteiger partial charge in [-0.25, -0.2) is 0 Å². The molecule has 0 aromatic heterocycles. The summed E-state index contributed by atoms with van der Waals surface area (Å²) in [7, 11) is 0. The summed E-state index contributed by atoms with van der Waals surface area (Å²) in [6, 6.07) is 0. The zero-order chi connectivity index (χ0) is 90.3. The second-order valence-electron chi connectivity index (χ2n) is 34.7. The fraction of sp³-hybridized carbons (Fsp3) is 0.941. The summed E-state index contributed by atoms with van der Waals surface area (Å²) in [6.07, 6.45) is 96.1. The van der Waals surface area contributed by atoms with Crippen LogP contribution >= 0.6 is 73.3 Å². The minimum Gasteiger partial charge on any atom is -0.411 e. The summed E-state index contributed by atoms with van der Waals surface area (Å²) in [6.45, 7) is 40.0. The fourth-order valence-electron chi connectivity index (χ4n) is 14.8. The molecule has 0 aliphatic carbocycles. The molecule has 0 saturated carbocycles. The van der Waals surface area contributed by atoms with E-state index >= 15 is 0 Å². The maximum Gasteiger partial charge on any atom is 6.00 e. The summed E-state index contributed by atoms with van der Waals surface area (Å²) in [5, 5.41) is 0. The van der Waals surface area contributed by atoms with Gasteiger partial charge in [0.15, 0.2) is 0 Å². The van der Waals surface area contributed by atoms with Gasteiger partial charge in [-0.2, -0.15) is 0 Å². The predicted molar refractivity (Wildman–Crippen MR) is 590 cm³/mol. The third-order valence-corrected chi connectivity index (χ3v) is 26.0. The van der Waals surface area contributed by atoms with E-state index in [1.807, 2.05) is 0 Å². The van der Waals surface area contributed by atoms with Gasteiger partial charge < -0.3 is 178 Å². The van der Waals surface area contributed by atoms with E-state index in [9.17, 15) is 0 Å². The molecule has 0 radical (unpaired) electrons. The van der Waals surface area contributed by atoms with E-state index in [1.165, 1.54) is 462 Å². The Bertz CT molecular complexity index is 1580. The summed E-state index contributed by atoms with van der Waals surface area (Å²) in [4.78, 5) is 13.4. The average Bonchev–Trinajstić information content (AvgIpc) is 1.00. The summed E-state index contributed by atoms with van der Waals surface area (Å²) < 4.78 is 4.04. The van der Waals surface area contributed by atoms with Gasteiger partial charge in [0.1, 0.15) is 0 Å². The molecule has 121 heavy (non-hydrogen) atoms. The predicted octanol–water partition coefficient (Wildman–Crippen LogP) is 35.0. The van der Waals surface area contributed by atoms with Gasteiger partial charge in [0.2, 0.25) is 0 Å². The molecule has 6 nitrogen and oxygen atoms in total. The van der Waals surface area contributed by atoms with Gasteiger partial charge in [0, 0.05) is 78.5 Å². The molecule has 0 aliphatic rings. The van der Waals surface area contributed by atoms with Crippen molar-refractivity contribution in [1.82, 2.24) is 29.4 Å². The Morgan fingerprint density at radius 3 is 0.240 bits per heavy atom. The summed E-state index contributed by atoms with van der Waals surface area (Å²) in [5.74, 6) is 0. The van der Waals surface area contributed by atoms with Gasteiger partial charge >= 0.3 is 21.1 Å². The van der Waals surface area contributed by atoms with Crippen molar-refractivity contribution in [2.24, 2.45) is 0 Å². The van der Waals surface area contributed by atoms with Crippen molar-refractivity contribution in [3.05, 3.63) is 0 Å². The molecule has 720 valence electrons. The van der Waals surface area contributed by atoms with Crippen molar-refractivity contribution >= 4 is 175 Å². The van der Waals surface area contributed by atoms with Gasteiger partial charge in [-0.15, -0.1) is 0 Å². The Labute approximate surface area is 841 Å². The van der Waals surface area contributed by atoms with Crippen LogP contribution in [0.3, 0.4) is 0 Å². The molecule has 0 spiro atoms. The Kier molecular flexibility index (Phi) is 134. The maximum atomic E-state index is 5.20. The van der Waals surface area contributed by atoms with Gasteiger partial charge in [-0.1, -0.05) is 494 Å². The molecule has 0 amide bonds. The first kappa shape index (κ1) is 135. The number of thiocarbonyl (C=S) groups is 6. The van der Waals surface area contributed by atoms with Crippen LogP contribution in [-0.4, -0.2) is 134 Å². The third-order valence-electron chi connectivity index (χ3n) is 22.9. The third kappa shape index (κ3) is 117. The molecule has 19 heteroatoms. The van der Waals surface area contributed by atoms with Crippen molar-refractivity contribution in [2.75, 3.05) is 78.5 Å². The van der Waals surface area contributed by atoms with E-state index in [-0.39, 0.29) is 21.1 Å². The molecule has 0 rings (SSSR count). The van der Waals surface area contributed by atoms with Crippen molar-refractivity contribution < 1.29 is 21.1 Å². The van der Waals surface area contributed by atoms with Crippen LogP contribution in [0.2, 0.25) is 0 Å². The molecule has 0 fully saturated rings. The number of hydrogen-bond acceptors (Lipinski definition) is 12. The Balaban J connectivity index is -0.000000257. The first-order valence-corrected chi connectivity index (χ1v) is 57.0. The number of unbranched alkanes of at least 4 members (excludes halogenated alkanes) is 60.